The molecule has 0 aliphatic heterocycles. The van der Waals surface area contributed by atoms with Crippen molar-refractivity contribution in [3.8, 4) is 22.5 Å². The van der Waals surface area contributed by atoms with E-state index in [1.54, 1.807) is 13.1 Å². The fraction of sp³-hybridized carbons (Fsp3) is 0.120. The quantitative estimate of drug-likeness (QED) is 0.338. The number of aryl methyl sites for hydroxylation is 3. The van der Waals surface area contributed by atoms with Crippen molar-refractivity contribution < 1.29 is 8.81 Å². The Labute approximate surface area is 167 Å². The van der Waals surface area contributed by atoms with Crippen LogP contribution >= 0.6 is 0 Å². The molecule has 0 amide bonds. The van der Waals surface area contributed by atoms with E-state index in [1.165, 1.54) is 17.2 Å². The number of para-hydroxylation sites is 1. The van der Waals surface area contributed by atoms with Crippen LogP contribution in [0.25, 0.3) is 44.6 Å². The second-order valence-electron chi connectivity index (χ2n) is 7.42. The van der Waals surface area contributed by atoms with Gasteiger partial charge in [-0.2, -0.15) is 0 Å². The number of benzene rings is 2. The third-order valence-corrected chi connectivity index (χ3v) is 5.41. The summed E-state index contributed by atoms with van der Waals surface area (Å²) >= 11 is 0. The molecule has 3 nitrogen and oxygen atoms in total. The first-order valence-corrected chi connectivity index (χ1v) is 9.54. The Hall–Kier alpha value is -3.53. The number of pyridine rings is 2. The maximum absolute atomic E-state index is 14.1. The van der Waals surface area contributed by atoms with Crippen molar-refractivity contribution in [1.82, 2.24) is 9.97 Å². The molecule has 2 aromatic carbocycles. The number of nitrogens with zero attached hydrogens (tertiary/aromatic N) is 2. The number of rotatable bonds is 2. The number of hydrogen-bond donors (Lipinski definition) is 0. The first-order chi connectivity index (χ1) is 14.0. The molecule has 0 radical (unpaired) electrons. The molecule has 0 unspecified atom stereocenters. The SMILES string of the molecule is Cc1cnc(-c2cccc3c2oc2nc(-c4c(C)cccc4C)ccc23)cc1F. The fourth-order valence-electron chi connectivity index (χ4n) is 3.88. The van der Waals surface area contributed by atoms with Gasteiger partial charge in [0.15, 0.2) is 0 Å². The van der Waals surface area contributed by atoms with Crippen LogP contribution in [0, 0.1) is 26.6 Å². The van der Waals surface area contributed by atoms with E-state index in [-0.39, 0.29) is 5.82 Å². The molecular formula is C25H19FN2O. The zero-order valence-electron chi connectivity index (χ0n) is 16.5. The molecule has 5 rings (SSSR count). The molecule has 0 saturated carbocycles. The van der Waals surface area contributed by atoms with Gasteiger partial charge < -0.3 is 4.42 Å². The van der Waals surface area contributed by atoms with Crippen LogP contribution in [0.1, 0.15) is 16.7 Å². The van der Waals surface area contributed by atoms with Crippen molar-refractivity contribution in [3.05, 3.63) is 83.3 Å². The first-order valence-electron chi connectivity index (χ1n) is 9.54. The van der Waals surface area contributed by atoms with Gasteiger partial charge in [0.1, 0.15) is 11.4 Å². The maximum atomic E-state index is 14.1. The van der Waals surface area contributed by atoms with E-state index in [9.17, 15) is 4.39 Å². The molecule has 0 N–H and O–H groups in total. The molecule has 3 aromatic heterocycles. The van der Waals surface area contributed by atoms with Crippen molar-refractivity contribution in [2.75, 3.05) is 0 Å². The Kier molecular flexibility index (Phi) is 3.95. The highest BCUT2D eigenvalue weighted by Gasteiger charge is 2.16. The summed E-state index contributed by atoms with van der Waals surface area (Å²) in [4.78, 5) is 9.21. The predicted octanol–water partition coefficient (Wildman–Crippen LogP) is 6.77. The van der Waals surface area contributed by atoms with Gasteiger partial charge >= 0.3 is 0 Å². The van der Waals surface area contributed by atoms with E-state index in [2.05, 4.69) is 31.0 Å². The monoisotopic (exact) mass is 382 g/mol. The van der Waals surface area contributed by atoms with E-state index in [4.69, 9.17) is 9.40 Å². The largest absolute Gasteiger partial charge is 0.437 e. The summed E-state index contributed by atoms with van der Waals surface area (Å²) < 4.78 is 20.3. The number of halogens is 1. The van der Waals surface area contributed by atoms with Gasteiger partial charge in [-0.1, -0.05) is 30.3 Å². The third-order valence-electron chi connectivity index (χ3n) is 5.41. The highest BCUT2D eigenvalue weighted by atomic mass is 19.1. The Morgan fingerprint density at radius 2 is 1.55 bits per heavy atom. The highest BCUT2D eigenvalue weighted by molar-refractivity contribution is 6.08. The Balaban J connectivity index is 1.74. The average molecular weight is 382 g/mol. The zero-order valence-corrected chi connectivity index (χ0v) is 16.5. The minimum Gasteiger partial charge on any atom is -0.437 e. The smallest absolute Gasteiger partial charge is 0.227 e. The van der Waals surface area contributed by atoms with Crippen LogP contribution < -0.4 is 0 Å². The predicted molar refractivity (Wildman–Crippen MR) is 114 cm³/mol. The van der Waals surface area contributed by atoms with Gasteiger partial charge in [-0.25, -0.2) is 9.37 Å². The van der Waals surface area contributed by atoms with Crippen molar-refractivity contribution >= 4 is 22.1 Å². The van der Waals surface area contributed by atoms with Gasteiger partial charge in [-0.3, -0.25) is 4.98 Å². The molecular weight excluding hydrogens is 363 g/mol. The van der Waals surface area contributed by atoms with E-state index >= 15 is 0 Å². The molecule has 29 heavy (non-hydrogen) atoms. The summed E-state index contributed by atoms with van der Waals surface area (Å²) in [6, 6.07) is 17.6. The number of furan rings is 1. The van der Waals surface area contributed by atoms with E-state index < -0.39 is 0 Å². The lowest BCUT2D eigenvalue weighted by molar-refractivity contribution is 0.616. The zero-order chi connectivity index (χ0) is 20.1. The second-order valence-corrected chi connectivity index (χ2v) is 7.42. The maximum Gasteiger partial charge on any atom is 0.227 e. The molecule has 3 heterocycles. The van der Waals surface area contributed by atoms with Crippen molar-refractivity contribution in [3.63, 3.8) is 0 Å². The summed E-state index contributed by atoms with van der Waals surface area (Å²) in [6.07, 6.45) is 1.55. The average Bonchev–Trinajstić information content (AvgIpc) is 3.08. The molecule has 4 heteroatoms. The summed E-state index contributed by atoms with van der Waals surface area (Å²) in [6.45, 7) is 5.87. The number of fused-ring (bicyclic) bond motifs is 3. The summed E-state index contributed by atoms with van der Waals surface area (Å²) in [7, 11) is 0. The van der Waals surface area contributed by atoms with Gasteiger partial charge in [0.05, 0.1) is 11.4 Å². The molecule has 0 fully saturated rings. The van der Waals surface area contributed by atoms with Gasteiger partial charge in [-0.05, 0) is 50.1 Å². The first kappa shape index (κ1) is 17.6. The summed E-state index contributed by atoms with van der Waals surface area (Å²) in [5.74, 6) is -0.279. The topological polar surface area (TPSA) is 38.9 Å². The van der Waals surface area contributed by atoms with Crippen molar-refractivity contribution in [2.45, 2.75) is 20.8 Å². The normalized spacial score (nSPS) is 11.4. The lowest BCUT2D eigenvalue weighted by Gasteiger charge is -2.08. The lowest BCUT2D eigenvalue weighted by Crippen LogP contribution is -1.90. The van der Waals surface area contributed by atoms with Crippen LogP contribution in [0.2, 0.25) is 0 Å². The van der Waals surface area contributed by atoms with Gasteiger partial charge in [0.25, 0.3) is 0 Å². The van der Waals surface area contributed by atoms with Gasteiger partial charge in [0, 0.05) is 39.7 Å². The minimum atomic E-state index is -0.279. The Morgan fingerprint density at radius 1 is 0.793 bits per heavy atom. The molecule has 0 aliphatic carbocycles. The Bertz CT molecular complexity index is 1380. The molecule has 0 bridgehead atoms. The van der Waals surface area contributed by atoms with Crippen LogP contribution in [-0.2, 0) is 0 Å². The second kappa shape index (κ2) is 6.52. The summed E-state index contributed by atoms with van der Waals surface area (Å²) in [5.41, 5.74) is 7.42. The van der Waals surface area contributed by atoms with E-state index in [1.807, 2.05) is 36.4 Å². The van der Waals surface area contributed by atoms with Crippen molar-refractivity contribution in [2.24, 2.45) is 0 Å². The van der Waals surface area contributed by atoms with Crippen LogP contribution in [-0.4, -0.2) is 9.97 Å². The van der Waals surface area contributed by atoms with Crippen LogP contribution in [0.15, 0.2) is 65.2 Å². The molecule has 5 aromatic rings. The molecule has 0 spiro atoms. The van der Waals surface area contributed by atoms with Crippen molar-refractivity contribution in [1.29, 1.82) is 0 Å². The third kappa shape index (κ3) is 2.80. The molecule has 0 saturated heterocycles. The van der Waals surface area contributed by atoms with E-state index in [0.29, 0.717) is 22.6 Å². The van der Waals surface area contributed by atoms with Crippen LogP contribution in [0.3, 0.4) is 0 Å². The minimum absolute atomic E-state index is 0.279. The summed E-state index contributed by atoms with van der Waals surface area (Å²) in [5, 5.41) is 1.88. The number of aromatic nitrogens is 2. The van der Waals surface area contributed by atoms with E-state index in [0.717, 1.165) is 27.6 Å². The lowest BCUT2D eigenvalue weighted by atomic mass is 9.99. The standard InChI is InChI=1S/C25H19FN2O/c1-14-6-4-7-15(2)23(14)21-11-10-18-17-8-5-9-19(24(17)29-25(18)28-21)22-12-20(26)16(3)13-27-22/h4-13H,1-3H3. The highest BCUT2D eigenvalue weighted by Crippen LogP contribution is 2.36. The number of hydrogen-bond acceptors (Lipinski definition) is 3. The molecule has 142 valence electrons. The van der Waals surface area contributed by atoms with Gasteiger partial charge in [-0.15, -0.1) is 0 Å². The van der Waals surface area contributed by atoms with Gasteiger partial charge in [0.2, 0.25) is 5.71 Å². The fourth-order valence-corrected chi connectivity index (χ4v) is 3.88. The molecule has 0 aliphatic rings. The Morgan fingerprint density at radius 3 is 2.31 bits per heavy atom. The molecule has 0 atom stereocenters. The van der Waals surface area contributed by atoms with Crippen LogP contribution in [0.4, 0.5) is 4.39 Å². The van der Waals surface area contributed by atoms with Crippen LogP contribution in [0.5, 0.6) is 0 Å².